The molecule has 0 aromatic heterocycles. The van der Waals surface area contributed by atoms with Gasteiger partial charge in [0.25, 0.3) is 0 Å². The Bertz CT molecular complexity index is 194. The first-order chi connectivity index (χ1) is 5.57. The number of nitrogens with one attached hydrogen (secondary N) is 1. The lowest BCUT2D eigenvalue weighted by Gasteiger charge is -2.10. The highest BCUT2D eigenvalue weighted by Crippen LogP contribution is 1.98. The minimum absolute atomic E-state index is 0.0540. The van der Waals surface area contributed by atoms with Crippen LogP contribution in [0.25, 0.3) is 0 Å². The summed E-state index contributed by atoms with van der Waals surface area (Å²) >= 11 is 0.810. The predicted octanol–water partition coefficient (Wildman–Crippen LogP) is -0.501. The summed E-state index contributed by atoms with van der Waals surface area (Å²) in [5.74, 6) is -1.51. The molecule has 6 heteroatoms. The predicted molar refractivity (Wildman–Crippen MR) is 44.4 cm³/mol. The maximum atomic E-state index is 10.4. The maximum Gasteiger partial charge on any atom is 0.327 e. The molecule has 0 heterocycles. The van der Waals surface area contributed by atoms with Gasteiger partial charge in [0.1, 0.15) is 6.04 Å². The quantitative estimate of drug-likeness (QED) is 0.572. The van der Waals surface area contributed by atoms with E-state index in [1.54, 1.807) is 0 Å². The Morgan fingerprint density at radius 2 is 2.25 bits per heavy atom. The molecule has 0 fully saturated rings. The van der Waals surface area contributed by atoms with Crippen molar-refractivity contribution >= 4 is 29.3 Å². The molecule has 1 amide bonds. The van der Waals surface area contributed by atoms with Crippen molar-refractivity contribution in [2.75, 3.05) is 5.75 Å². The molecule has 0 bridgehead atoms. The van der Waals surface area contributed by atoms with E-state index in [1.807, 2.05) is 0 Å². The Morgan fingerprint density at radius 3 is 2.58 bits per heavy atom. The highest BCUT2D eigenvalue weighted by atomic mass is 32.2. The van der Waals surface area contributed by atoms with Crippen LogP contribution < -0.4 is 5.32 Å². The topological polar surface area (TPSA) is 83.5 Å². The third-order valence-electron chi connectivity index (χ3n) is 1.01. The molecule has 0 spiro atoms. The zero-order valence-corrected chi connectivity index (χ0v) is 7.26. The van der Waals surface area contributed by atoms with Gasteiger partial charge < -0.3 is 10.4 Å². The Balaban J connectivity index is 3.94. The fourth-order valence-corrected chi connectivity index (χ4v) is 1.05. The molecule has 0 rings (SSSR count). The number of carboxylic acids is 1. The summed E-state index contributed by atoms with van der Waals surface area (Å²) in [5, 5.41) is 10.7. The van der Waals surface area contributed by atoms with Gasteiger partial charge in [-0.25, -0.2) is 4.79 Å². The summed E-state index contributed by atoms with van der Waals surface area (Å²) in [5.41, 5.74) is 0.539. The van der Waals surface area contributed by atoms with Crippen LogP contribution in [0.3, 0.4) is 0 Å². The zero-order chi connectivity index (χ0) is 9.56. The van der Waals surface area contributed by atoms with Crippen LogP contribution in [0.15, 0.2) is 0 Å². The van der Waals surface area contributed by atoms with Gasteiger partial charge in [0, 0.05) is 12.7 Å². The zero-order valence-electron chi connectivity index (χ0n) is 6.44. The standard InChI is InChI=1S/C6H9NO4S/c1-4(9)7-5(6(10)11)2-12-3-8/h3,5H,2H2,1H3,(H,7,9)(H,10,11). The van der Waals surface area contributed by atoms with Gasteiger partial charge in [-0.05, 0) is 0 Å². The lowest BCUT2D eigenvalue weighted by atomic mass is 10.3. The van der Waals surface area contributed by atoms with E-state index in [2.05, 4.69) is 5.32 Å². The van der Waals surface area contributed by atoms with Crippen LogP contribution >= 0.6 is 11.8 Å². The van der Waals surface area contributed by atoms with E-state index in [1.165, 1.54) is 6.92 Å². The number of carbonyl (C=O) groups is 3. The van der Waals surface area contributed by atoms with E-state index in [4.69, 9.17) is 5.11 Å². The van der Waals surface area contributed by atoms with Crippen LogP contribution in [0.4, 0.5) is 0 Å². The normalized spacial score (nSPS) is 11.8. The highest BCUT2D eigenvalue weighted by molar-refractivity contribution is 8.11. The van der Waals surface area contributed by atoms with Crippen LogP contribution in [0, 0.1) is 0 Å². The number of thioether (sulfide) groups is 1. The van der Waals surface area contributed by atoms with Crippen molar-refractivity contribution in [2.45, 2.75) is 13.0 Å². The largest absolute Gasteiger partial charge is 0.480 e. The van der Waals surface area contributed by atoms with Crippen LogP contribution in [0.5, 0.6) is 0 Å². The lowest BCUT2D eigenvalue weighted by molar-refractivity contribution is -0.140. The summed E-state index contributed by atoms with van der Waals surface area (Å²) in [6, 6.07) is -0.988. The molecule has 0 saturated carbocycles. The number of hydrogen-bond donors (Lipinski definition) is 2. The first kappa shape index (κ1) is 11.0. The number of hydrogen-bond acceptors (Lipinski definition) is 4. The van der Waals surface area contributed by atoms with Crippen molar-refractivity contribution in [3.05, 3.63) is 0 Å². The Labute approximate surface area is 73.5 Å². The molecule has 1 unspecified atom stereocenters. The highest BCUT2D eigenvalue weighted by Gasteiger charge is 2.17. The fraction of sp³-hybridized carbons (Fsp3) is 0.500. The van der Waals surface area contributed by atoms with Crippen molar-refractivity contribution in [1.29, 1.82) is 0 Å². The SMILES string of the molecule is CC(=O)NC(CSC=O)C(=O)O. The van der Waals surface area contributed by atoms with Crippen LogP contribution in [0.2, 0.25) is 0 Å². The van der Waals surface area contributed by atoms with Gasteiger partial charge in [-0.3, -0.25) is 9.59 Å². The first-order valence-corrected chi connectivity index (χ1v) is 4.18. The van der Waals surface area contributed by atoms with Gasteiger partial charge in [-0.15, -0.1) is 0 Å². The van der Waals surface area contributed by atoms with E-state index in [0.717, 1.165) is 11.8 Å². The van der Waals surface area contributed by atoms with Crippen LogP contribution in [0.1, 0.15) is 6.92 Å². The molecule has 0 aromatic rings. The van der Waals surface area contributed by atoms with Gasteiger partial charge >= 0.3 is 5.97 Å². The van der Waals surface area contributed by atoms with Gasteiger partial charge in [0.2, 0.25) is 5.91 Å². The van der Waals surface area contributed by atoms with E-state index in [-0.39, 0.29) is 5.75 Å². The second-order valence-electron chi connectivity index (χ2n) is 2.02. The Morgan fingerprint density at radius 1 is 1.67 bits per heavy atom. The van der Waals surface area contributed by atoms with Crippen LogP contribution in [-0.4, -0.2) is 34.4 Å². The van der Waals surface area contributed by atoms with Gasteiger partial charge in [-0.2, -0.15) is 0 Å². The van der Waals surface area contributed by atoms with E-state index in [9.17, 15) is 14.4 Å². The smallest absolute Gasteiger partial charge is 0.327 e. The van der Waals surface area contributed by atoms with Crippen molar-refractivity contribution in [3.63, 3.8) is 0 Å². The minimum Gasteiger partial charge on any atom is -0.480 e. The summed E-state index contributed by atoms with van der Waals surface area (Å²) in [6.45, 7) is 1.22. The second-order valence-corrected chi connectivity index (χ2v) is 2.88. The summed E-state index contributed by atoms with van der Waals surface area (Å²) in [7, 11) is 0. The first-order valence-electron chi connectivity index (χ1n) is 3.13. The molecule has 1 atom stereocenters. The summed E-state index contributed by atoms with van der Waals surface area (Å²) < 4.78 is 0. The number of aliphatic carboxylic acids is 1. The average Bonchev–Trinajstić information content (AvgIpc) is 1.96. The Kier molecular flexibility index (Phi) is 5.11. The molecule has 0 aliphatic heterocycles. The number of carboxylic acid groups (broad SMARTS) is 1. The van der Waals surface area contributed by atoms with E-state index >= 15 is 0 Å². The molecular formula is C6H9NO4S. The molecule has 2 N–H and O–H groups in total. The van der Waals surface area contributed by atoms with Gasteiger partial charge in [0.15, 0.2) is 5.62 Å². The fourth-order valence-electron chi connectivity index (χ4n) is 0.556. The molecule has 0 saturated heterocycles. The third-order valence-corrected chi connectivity index (χ3v) is 1.67. The summed E-state index contributed by atoms with van der Waals surface area (Å²) in [6.07, 6.45) is 0. The van der Waals surface area contributed by atoms with Crippen molar-refractivity contribution in [2.24, 2.45) is 0 Å². The second kappa shape index (κ2) is 5.59. The Hall–Kier alpha value is -1.04. The van der Waals surface area contributed by atoms with Crippen LogP contribution in [-0.2, 0) is 14.4 Å². The third kappa shape index (κ3) is 4.73. The number of rotatable bonds is 5. The monoisotopic (exact) mass is 191 g/mol. The maximum absolute atomic E-state index is 10.4. The molecule has 0 aliphatic rings. The lowest BCUT2D eigenvalue weighted by Crippen LogP contribution is -2.41. The summed E-state index contributed by atoms with van der Waals surface area (Å²) in [4.78, 5) is 30.7. The molecular weight excluding hydrogens is 182 g/mol. The molecule has 12 heavy (non-hydrogen) atoms. The minimum atomic E-state index is -1.14. The molecule has 0 aromatic carbocycles. The number of carbonyl (C=O) groups excluding carboxylic acids is 2. The molecule has 0 radical (unpaired) electrons. The molecule has 0 aliphatic carbocycles. The van der Waals surface area contributed by atoms with Gasteiger partial charge in [-0.1, -0.05) is 11.8 Å². The average molecular weight is 191 g/mol. The number of amides is 1. The van der Waals surface area contributed by atoms with Crippen molar-refractivity contribution in [3.8, 4) is 0 Å². The van der Waals surface area contributed by atoms with Crippen molar-refractivity contribution < 1.29 is 19.5 Å². The van der Waals surface area contributed by atoms with E-state index < -0.39 is 17.9 Å². The van der Waals surface area contributed by atoms with E-state index in [0.29, 0.717) is 5.62 Å². The molecule has 5 nitrogen and oxygen atoms in total. The molecule has 68 valence electrons. The van der Waals surface area contributed by atoms with Crippen molar-refractivity contribution in [1.82, 2.24) is 5.32 Å². The van der Waals surface area contributed by atoms with Gasteiger partial charge in [0.05, 0.1) is 0 Å².